The minimum atomic E-state index is -0.136. The minimum absolute atomic E-state index is 0.128. The molecule has 0 saturated carbocycles. The van der Waals surface area contributed by atoms with Crippen molar-refractivity contribution in [1.29, 1.82) is 0 Å². The fourth-order valence-corrected chi connectivity index (χ4v) is 4.72. The number of amides is 1. The summed E-state index contributed by atoms with van der Waals surface area (Å²) >= 11 is 3.55. The fourth-order valence-electron chi connectivity index (χ4n) is 4.36. The summed E-state index contributed by atoms with van der Waals surface area (Å²) in [4.78, 5) is 31.8. The number of aromatic amines is 1. The first-order valence-corrected chi connectivity index (χ1v) is 11.4. The molecule has 0 saturated heterocycles. The van der Waals surface area contributed by atoms with Crippen LogP contribution in [0.3, 0.4) is 0 Å². The summed E-state index contributed by atoms with van der Waals surface area (Å²) in [7, 11) is 0. The second-order valence-electron chi connectivity index (χ2n) is 8.02. The Kier molecular flexibility index (Phi) is 5.14. The molecule has 31 heavy (non-hydrogen) atoms. The van der Waals surface area contributed by atoms with Crippen molar-refractivity contribution in [3.8, 4) is 0 Å². The van der Waals surface area contributed by atoms with E-state index in [0.29, 0.717) is 36.1 Å². The molecule has 2 aromatic heterocycles. The molecule has 6 nitrogen and oxygen atoms in total. The molecular formula is C24H23BrN4O2. The molecule has 0 radical (unpaired) electrons. The standard InChI is InChI=1S/C24H23BrN4O2/c1-2-3-11-29-23(30)17-7-5-4-6-16(17)22(27-29)24(31)28-12-10-21-19(14-28)18-13-15(25)8-9-20(18)26-21/h4-9,13,26H,2-3,10-12,14H2,1H3. The summed E-state index contributed by atoms with van der Waals surface area (Å²) in [5, 5.41) is 6.83. The van der Waals surface area contributed by atoms with Gasteiger partial charge in [0.15, 0.2) is 5.69 Å². The van der Waals surface area contributed by atoms with Crippen molar-refractivity contribution in [3.63, 3.8) is 0 Å². The van der Waals surface area contributed by atoms with Crippen molar-refractivity contribution in [2.75, 3.05) is 6.54 Å². The number of H-pyrrole nitrogens is 1. The summed E-state index contributed by atoms with van der Waals surface area (Å²) in [5.41, 5.74) is 3.64. The van der Waals surface area contributed by atoms with E-state index in [1.807, 2.05) is 29.2 Å². The highest BCUT2D eigenvalue weighted by Crippen LogP contribution is 2.30. The van der Waals surface area contributed by atoms with E-state index in [1.165, 1.54) is 10.4 Å². The third-order valence-corrected chi connectivity index (χ3v) is 6.51. The summed E-state index contributed by atoms with van der Waals surface area (Å²) in [6.45, 7) is 3.72. The van der Waals surface area contributed by atoms with Gasteiger partial charge in [-0.15, -0.1) is 0 Å². The van der Waals surface area contributed by atoms with Gasteiger partial charge in [-0.2, -0.15) is 5.10 Å². The monoisotopic (exact) mass is 478 g/mol. The molecule has 4 aromatic rings. The van der Waals surface area contributed by atoms with Gasteiger partial charge in [0.05, 0.1) is 5.39 Å². The van der Waals surface area contributed by atoms with Crippen LogP contribution in [0.1, 0.15) is 41.5 Å². The lowest BCUT2D eigenvalue weighted by molar-refractivity contribution is 0.0728. The van der Waals surface area contributed by atoms with Gasteiger partial charge in [0, 0.05) is 58.1 Å². The fraction of sp³-hybridized carbons (Fsp3) is 0.292. The zero-order chi connectivity index (χ0) is 21.5. The number of aromatic nitrogens is 3. The van der Waals surface area contributed by atoms with Gasteiger partial charge in [-0.3, -0.25) is 9.59 Å². The molecule has 7 heteroatoms. The van der Waals surface area contributed by atoms with Gasteiger partial charge < -0.3 is 9.88 Å². The molecule has 0 aliphatic carbocycles. The van der Waals surface area contributed by atoms with E-state index in [4.69, 9.17) is 0 Å². The van der Waals surface area contributed by atoms with Crippen LogP contribution in [0.25, 0.3) is 21.7 Å². The first-order valence-electron chi connectivity index (χ1n) is 10.6. The molecule has 1 aliphatic heterocycles. The van der Waals surface area contributed by atoms with Crippen LogP contribution in [0.5, 0.6) is 0 Å². The molecular weight excluding hydrogens is 456 g/mol. The Hall–Kier alpha value is -2.93. The lowest BCUT2D eigenvalue weighted by Gasteiger charge is -2.27. The quantitative estimate of drug-likeness (QED) is 0.464. The van der Waals surface area contributed by atoms with Crippen LogP contribution in [0.2, 0.25) is 0 Å². The molecule has 0 fully saturated rings. The zero-order valence-electron chi connectivity index (χ0n) is 17.3. The molecule has 0 bridgehead atoms. The second-order valence-corrected chi connectivity index (χ2v) is 8.94. The van der Waals surface area contributed by atoms with Crippen molar-refractivity contribution in [3.05, 3.63) is 74.2 Å². The van der Waals surface area contributed by atoms with Gasteiger partial charge >= 0.3 is 0 Å². The Morgan fingerprint density at radius 1 is 1.16 bits per heavy atom. The maximum atomic E-state index is 13.6. The number of hydrogen-bond donors (Lipinski definition) is 1. The minimum Gasteiger partial charge on any atom is -0.358 e. The molecule has 0 unspecified atom stereocenters. The number of halogens is 1. The Balaban J connectivity index is 1.56. The maximum Gasteiger partial charge on any atom is 0.275 e. The highest BCUT2D eigenvalue weighted by Gasteiger charge is 2.27. The van der Waals surface area contributed by atoms with Gasteiger partial charge in [-0.1, -0.05) is 47.5 Å². The number of rotatable bonds is 4. The number of fused-ring (bicyclic) bond motifs is 4. The van der Waals surface area contributed by atoms with E-state index in [1.54, 1.807) is 6.07 Å². The summed E-state index contributed by atoms with van der Waals surface area (Å²) in [6, 6.07) is 13.5. The third-order valence-electron chi connectivity index (χ3n) is 6.02. The van der Waals surface area contributed by atoms with Crippen LogP contribution in [-0.4, -0.2) is 32.1 Å². The first kappa shape index (κ1) is 20.0. The van der Waals surface area contributed by atoms with Crippen molar-refractivity contribution < 1.29 is 4.79 Å². The van der Waals surface area contributed by atoms with Crippen molar-refractivity contribution in [2.45, 2.75) is 39.3 Å². The van der Waals surface area contributed by atoms with Crippen LogP contribution in [0.15, 0.2) is 51.7 Å². The van der Waals surface area contributed by atoms with E-state index >= 15 is 0 Å². The summed E-state index contributed by atoms with van der Waals surface area (Å²) in [6.07, 6.45) is 2.56. The normalized spacial score (nSPS) is 13.7. The number of nitrogens with one attached hydrogen (secondary N) is 1. The number of carbonyl (C=O) groups excluding carboxylic acids is 1. The van der Waals surface area contributed by atoms with E-state index in [9.17, 15) is 9.59 Å². The number of hydrogen-bond acceptors (Lipinski definition) is 3. The Morgan fingerprint density at radius 2 is 1.97 bits per heavy atom. The number of aryl methyl sites for hydroxylation is 1. The van der Waals surface area contributed by atoms with E-state index in [2.05, 4.69) is 45.1 Å². The highest BCUT2D eigenvalue weighted by atomic mass is 79.9. The van der Waals surface area contributed by atoms with Gasteiger partial charge in [0.25, 0.3) is 11.5 Å². The van der Waals surface area contributed by atoms with Gasteiger partial charge in [-0.05, 0) is 30.7 Å². The maximum absolute atomic E-state index is 13.6. The average Bonchev–Trinajstić information content (AvgIpc) is 3.15. The Bertz CT molecular complexity index is 1370. The topological polar surface area (TPSA) is 71.0 Å². The van der Waals surface area contributed by atoms with Crippen LogP contribution in [-0.2, 0) is 19.5 Å². The van der Waals surface area contributed by atoms with E-state index in [-0.39, 0.29) is 11.5 Å². The molecule has 1 N–H and O–H groups in total. The smallest absolute Gasteiger partial charge is 0.275 e. The van der Waals surface area contributed by atoms with E-state index < -0.39 is 0 Å². The number of unbranched alkanes of at least 4 members (excludes halogenated alkanes) is 1. The van der Waals surface area contributed by atoms with Gasteiger partial charge in [0.2, 0.25) is 0 Å². The zero-order valence-corrected chi connectivity index (χ0v) is 18.9. The highest BCUT2D eigenvalue weighted by molar-refractivity contribution is 9.10. The molecule has 0 atom stereocenters. The average molecular weight is 479 g/mol. The molecule has 158 valence electrons. The Labute approximate surface area is 188 Å². The lowest BCUT2D eigenvalue weighted by Crippen LogP contribution is -2.38. The van der Waals surface area contributed by atoms with Crippen LogP contribution in [0, 0.1) is 0 Å². The Morgan fingerprint density at radius 3 is 2.77 bits per heavy atom. The van der Waals surface area contributed by atoms with Crippen molar-refractivity contribution >= 4 is 43.5 Å². The first-order chi connectivity index (χ1) is 15.1. The predicted molar refractivity (Wildman–Crippen MR) is 125 cm³/mol. The molecule has 5 rings (SSSR count). The molecule has 2 aromatic carbocycles. The number of benzene rings is 2. The van der Waals surface area contributed by atoms with Gasteiger partial charge in [0.1, 0.15) is 0 Å². The third kappa shape index (κ3) is 3.47. The van der Waals surface area contributed by atoms with Crippen LogP contribution < -0.4 is 5.56 Å². The molecule has 3 heterocycles. The SMILES string of the molecule is CCCCn1nc(C(=O)N2CCc3[nH]c4ccc(Br)cc4c3C2)c2ccccc2c1=O. The van der Waals surface area contributed by atoms with Crippen LogP contribution >= 0.6 is 15.9 Å². The van der Waals surface area contributed by atoms with Crippen molar-refractivity contribution in [2.24, 2.45) is 0 Å². The number of nitrogens with zero attached hydrogens (tertiary/aromatic N) is 3. The largest absolute Gasteiger partial charge is 0.358 e. The molecule has 1 amide bonds. The lowest BCUT2D eigenvalue weighted by atomic mass is 10.0. The predicted octanol–water partition coefficient (Wildman–Crippen LogP) is 4.64. The number of carbonyl (C=O) groups is 1. The molecule has 1 aliphatic rings. The summed E-state index contributed by atoms with van der Waals surface area (Å²) < 4.78 is 2.47. The van der Waals surface area contributed by atoms with Gasteiger partial charge in [-0.25, -0.2) is 4.68 Å². The van der Waals surface area contributed by atoms with E-state index in [0.717, 1.165) is 40.2 Å². The molecule has 0 spiro atoms. The second kappa shape index (κ2) is 7.96. The van der Waals surface area contributed by atoms with Crippen LogP contribution in [0.4, 0.5) is 0 Å². The summed E-state index contributed by atoms with van der Waals surface area (Å²) in [5.74, 6) is -0.128. The van der Waals surface area contributed by atoms with Crippen molar-refractivity contribution in [1.82, 2.24) is 19.7 Å².